The average molecular weight is 309 g/mol. The molecule has 21 heavy (non-hydrogen) atoms. The van der Waals surface area contributed by atoms with Crippen molar-refractivity contribution in [2.45, 2.75) is 39.2 Å². The standard InChI is InChI=1S/C17H25ClN2O/c1-11-5-8-15(12(2)9-11)19-16-10-13(6-7-14(16)18)17(21)20(3)4/h6-7,10-12,15,19H,5,8-9H2,1-4H3. The molecule has 1 aliphatic carbocycles. The highest BCUT2D eigenvalue weighted by Crippen LogP contribution is 2.33. The first-order valence-electron chi connectivity index (χ1n) is 7.66. The molecule has 1 fully saturated rings. The van der Waals surface area contributed by atoms with Crippen LogP contribution in [0, 0.1) is 11.8 Å². The van der Waals surface area contributed by atoms with E-state index in [2.05, 4.69) is 19.2 Å². The Morgan fingerprint density at radius 1 is 1.29 bits per heavy atom. The SMILES string of the molecule is CC1CCC(Nc2cc(C(=O)N(C)C)ccc2Cl)C(C)C1. The molecule has 1 aliphatic rings. The van der Waals surface area contributed by atoms with Gasteiger partial charge in [-0.3, -0.25) is 4.79 Å². The summed E-state index contributed by atoms with van der Waals surface area (Å²) in [5, 5.41) is 4.23. The number of amides is 1. The lowest BCUT2D eigenvalue weighted by Crippen LogP contribution is -2.33. The van der Waals surface area contributed by atoms with Crippen LogP contribution in [0.3, 0.4) is 0 Å². The lowest BCUT2D eigenvalue weighted by molar-refractivity contribution is 0.0827. The number of carbonyl (C=O) groups is 1. The Hall–Kier alpha value is -1.22. The molecule has 1 aromatic rings. The van der Waals surface area contributed by atoms with E-state index in [-0.39, 0.29) is 5.91 Å². The van der Waals surface area contributed by atoms with Crippen molar-refractivity contribution in [2.24, 2.45) is 11.8 Å². The Balaban J connectivity index is 2.16. The first-order chi connectivity index (χ1) is 9.88. The Morgan fingerprint density at radius 3 is 2.62 bits per heavy atom. The van der Waals surface area contributed by atoms with E-state index < -0.39 is 0 Å². The van der Waals surface area contributed by atoms with Gasteiger partial charge in [0.2, 0.25) is 0 Å². The topological polar surface area (TPSA) is 32.3 Å². The van der Waals surface area contributed by atoms with Crippen LogP contribution in [0.1, 0.15) is 43.5 Å². The monoisotopic (exact) mass is 308 g/mol. The molecule has 1 N–H and O–H groups in total. The van der Waals surface area contributed by atoms with E-state index in [0.717, 1.165) is 18.0 Å². The summed E-state index contributed by atoms with van der Waals surface area (Å²) in [4.78, 5) is 13.6. The average Bonchev–Trinajstić information content (AvgIpc) is 2.43. The maximum atomic E-state index is 12.1. The van der Waals surface area contributed by atoms with Gasteiger partial charge < -0.3 is 10.2 Å². The third kappa shape index (κ3) is 3.91. The minimum atomic E-state index is 0.0000292. The zero-order chi connectivity index (χ0) is 15.6. The number of anilines is 1. The fourth-order valence-corrected chi connectivity index (χ4v) is 3.28. The van der Waals surface area contributed by atoms with Crippen molar-refractivity contribution in [1.29, 1.82) is 0 Å². The molecule has 1 aromatic carbocycles. The summed E-state index contributed by atoms with van der Waals surface area (Å²) in [7, 11) is 3.52. The fraction of sp³-hybridized carbons (Fsp3) is 0.588. The number of benzene rings is 1. The van der Waals surface area contributed by atoms with Crippen LogP contribution in [-0.2, 0) is 0 Å². The Bertz CT molecular complexity index is 516. The third-order valence-corrected chi connectivity index (χ3v) is 4.72. The van der Waals surface area contributed by atoms with Crippen LogP contribution in [0.15, 0.2) is 18.2 Å². The molecular formula is C17H25ClN2O. The van der Waals surface area contributed by atoms with Crippen molar-refractivity contribution in [3.05, 3.63) is 28.8 Å². The highest BCUT2D eigenvalue weighted by atomic mass is 35.5. The van der Waals surface area contributed by atoms with Gasteiger partial charge in [0, 0.05) is 25.7 Å². The van der Waals surface area contributed by atoms with Crippen LogP contribution in [0.2, 0.25) is 5.02 Å². The molecule has 0 aliphatic heterocycles. The van der Waals surface area contributed by atoms with Crippen molar-refractivity contribution < 1.29 is 4.79 Å². The van der Waals surface area contributed by atoms with E-state index in [9.17, 15) is 4.79 Å². The maximum Gasteiger partial charge on any atom is 0.253 e. The van der Waals surface area contributed by atoms with Gasteiger partial charge >= 0.3 is 0 Å². The summed E-state index contributed by atoms with van der Waals surface area (Å²) in [6, 6.07) is 5.89. The van der Waals surface area contributed by atoms with Gasteiger partial charge in [-0.1, -0.05) is 25.4 Å². The maximum absolute atomic E-state index is 12.1. The molecule has 0 radical (unpaired) electrons. The van der Waals surface area contributed by atoms with E-state index >= 15 is 0 Å². The van der Waals surface area contributed by atoms with Crippen LogP contribution in [-0.4, -0.2) is 30.9 Å². The van der Waals surface area contributed by atoms with E-state index in [1.165, 1.54) is 12.8 Å². The van der Waals surface area contributed by atoms with Crippen LogP contribution >= 0.6 is 11.6 Å². The Kier molecular flexibility index (Phi) is 5.15. The molecule has 3 unspecified atom stereocenters. The highest BCUT2D eigenvalue weighted by Gasteiger charge is 2.25. The predicted molar refractivity (Wildman–Crippen MR) is 89.1 cm³/mol. The number of hydrogen-bond donors (Lipinski definition) is 1. The van der Waals surface area contributed by atoms with E-state index in [4.69, 9.17) is 11.6 Å². The van der Waals surface area contributed by atoms with Crippen LogP contribution in [0.5, 0.6) is 0 Å². The van der Waals surface area contributed by atoms with Crippen LogP contribution in [0.4, 0.5) is 5.69 Å². The number of hydrogen-bond acceptors (Lipinski definition) is 2. The molecule has 0 aromatic heterocycles. The van der Waals surface area contributed by atoms with Gasteiger partial charge in [0.1, 0.15) is 0 Å². The van der Waals surface area contributed by atoms with E-state index in [1.807, 2.05) is 6.07 Å². The van der Waals surface area contributed by atoms with Gasteiger partial charge in [0.05, 0.1) is 10.7 Å². The molecule has 116 valence electrons. The van der Waals surface area contributed by atoms with Crippen LogP contribution in [0.25, 0.3) is 0 Å². The molecule has 4 heteroatoms. The number of nitrogens with one attached hydrogen (secondary N) is 1. The highest BCUT2D eigenvalue weighted by molar-refractivity contribution is 6.33. The lowest BCUT2D eigenvalue weighted by Gasteiger charge is -2.34. The Morgan fingerprint density at radius 2 is 2.00 bits per heavy atom. The van der Waals surface area contributed by atoms with Crippen LogP contribution < -0.4 is 5.32 Å². The molecule has 0 heterocycles. The number of rotatable bonds is 3. The number of halogens is 1. The Labute approximate surface area is 132 Å². The second-order valence-electron chi connectivity index (χ2n) is 6.54. The van der Waals surface area contributed by atoms with Crippen molar-refractivity contribution in [3.8, 4) is 0 Å². The molecule has 0 saturated heterocycles. The molecule has 0 spiro atoms. The van der Waals surface area contributed by atoms with Gasteiger partial charge in [-0.05, 0) is 49.3 Å². The summed E-state index contributed by atoms with van der Waals surface area (Å²) < 4.78 is 0. The molecule has 3 nitrogen and oxygen atoms in total. The minimum absolute atomic E-state index is 0.0000292. The number of carbonyl (C=O) groups excluding carboxylic acids is 1. The largest absolute Gasteiger partial charge is 0.381 e. The second-order valence-corrected chi connectivity index (χ2v) is 6.95. The summed E-state index contributed by atoms with van der Waals surface area (Å²) in [5.41, 5.74) is 1.54. The van der Waals surface area contributed by atoms with E-state index in [1.54, 1.807) is 31.1 Å². The fourth-order valence-electron chi connectivity index (χ4n) is 3.11. The summed E-state index contributed by atoms with van der Waals surface area (Å²) in [5.74, 6) is 1.42. The van der Waals surface area contributed by atoms with Gasteiger partial charge in [-0.15, -0.1) is 0 Å². The summed E-state index contributed by atoms with van der Waals surface area (Å²) in [6.45, 7) is 4.60. The third-order valence-electron chi connectivity index (χ3n) is 4.39. The molecular weight excluding hydrogens is 284 g/mol. The quantitative estimate of drug-likeness (QED) is 0.904. The van der Waals surface area contributed by atoms with Gasteiger partial charge in [-0.25, -0.2) is 0 Å². The van der Waals surface area contributed by atoms with Gasteiger partial charge in [0.25, 0.3) is 5.91 Å². The first kappa shape index (κ1) is 16.2. The molecule has 1 amide bonds. The summed E-state index contributed by atoms with van der Waals surface area (Å²) >= 11 is 6.29. The van der Waals surface area contributed by atoms with Gasteiger partial charge in [0.15, 0.2) is 0 Å². The smallest absolute Gasteiger partial charge is 0.253 e. The molecule has 3 atom stereocenters. The molecule has 1 saturated carbocycles. The van der Waals surface area contributed by atoms with Gasteiger partial charge in [-0.2, -0.15) is 0 Å². The molecule has 0 bridgehead atoms. The van der Waals surface area contributed by atoms with E-state index in [0.29, 0.717) is 22.5 Å². The zero-order valence-corrected chi connectivity index (χ0v) is 14.1. The normalized spacial score (nSPS) is 25.5. The lowest BCUT2D eigenvalue weighted by atomic mass is 9.80. The predicted octanol–water partition coefficient (Wildman–Crippen LogP) is 4.28. The van der Waals surface area contributed by atoms with Crippen molar-refractivity contribution in [3.63, 3.8) is 0 Å². The number of nitrogens with zero attached hydrogens (tertiary/aromatic N) is 1. The van der Waals surface area contributed by atoms with Crippen molar-refractivity contribution in [1.82, 2.24) is 4.90 Å². The minimum Gasteiger partial charge on any atom is -0.381 e. The first-order valence-corrected chi connectivity index (χ1v) is 8.04. The molecule has 2 rings (SSSR count). The second kappa shape index (κ2) is 6.69. The summed E-state index contributed by atoms with van der Waals surface area (Å²) in [6.07, 6.45) is 3.64. The zero-order valence-electron chi connectivity index (χ0n) is 13.3. The van der Waals surface area contributed by atoms with Crippen molar-refractivity contribution in [2.75, 3.05) is 19.4 Å². The van der Waals surface area contributed by atoms with Crippen molar-refractivity contribution >= 4 is 23.2 Å².